The normalized spacial score (nSPS) is 34.6. The predicted octanol–water partition coefficient (Wildman–Crippen LogP) is 1.94. The number of hydrogen-bond acceptors (Lipinski definition) is 2. The molecule has 0 aromatic rings. The van der Waals surface area contributed by atoms with Gasteiger partial charge in [-0.25, -0.2) is 0 Å². The van der Waals surface area contributed by atoms with Crippen LogP contribution in [-0.2, 0) is 9.59 Å². The molecule has 0 aromatic carbocycles. The van der Waals surface area contributed by atoms with Gasteiger partial charge >= 0.3 is 0 Å². The second-order valence-corrected chi connectivity index (χ2v) is 7.38. The van der Waals surface area contributed by atoms with Gasteiger partial charge in [-0.3, -0.25) is 9.59 Å². The van der Waals surface area contributed by atoms with Crippen molar-refractivity contribution >= 4 is 11.8 Å². The molecule has 2 aliphatic carbocycles. The number of hydrogen-bond donors (Lipinski definition) is 1. The number of amides is 2. The molecule has 2 unspecified atom stereocenters. The summed E-state index contributed by atoms with van der Waals surface area (Å²) in [5, 5.41) is 3.03. The molecule has 1 aliphatic heterocycles. The molecule has 20 heavy (non-hydrogen) atoms. The van der Waals surface area contributed by atoms with Crippen LogP contribution in [0.15, 0.2) is 0 Å². The van der Waals surface area contributed by atoms with Crippen molar-refractivity contribution in [1.29, 1.82) is 0 Å². The van der Waals surface area contributed by atoms with Crippen LogP contribution in [0.3, 0.4) is 0 Å². The van der Waals surface area contributed by atoms with E-state index in [1.807, 2.05) is 11.8 Å². The highest BCUT2D eigenvalue weighted by Crippen LogP contribution is 2.46. The zero-order valence-corrected chi connectivity index (χ0v) is 12.8. The van der Waals surface area contributed by atoms with E-state index >= 15 is 0 Å². The summed E-state index contributed by atoms with van der Waals surface area (Å²) >= 11 is 0. The topological polar surface area (TPSA) is 49.4 Å². The average molecular weight is 278 g/mol. The Kier molecular flexibility index (Phi) is 3.30. The van der Waals surface area contributed by atoms with E-state index in [0.717, 1.165) is 38.6 Å². The zero-order valence-electron chi connectivity index (χ0n) is 12.8. The Labute approximate surface area is 121 Å². The fourth-order valence-corrected chi connectivity index (χ4v) is 3.40. The number of carbonyl (C=O) groups excluding carboxylic acids is 2. The standard InChI is InChI=1S/C16H26N2O2/c1-10(2)8-9-18-14(19)13(11-4-5-11)17-15(20)16(18,3)12-6-7-12/h10-13H,4-9H2,1-3H3,(H,17,20). The van der Waals surface area contributed by atoms with Crippen LogP contribution in [0.25, 0.3) is 0 Å². The Morgan fingerprint density at radius 2 is 1.90 bits per heavy atom. The van der Waals surface area contributed by atoms with Crippen LogP contribution in [0.5, 0.6) is 0 Å². The van der Waals surface area contributed by atoms with Crippen LogP contribution in [0.2, 0.25) is 0 Å². The van der Waals surface area contributed by atoms with Crippen molar-refractivity contribution in [3.63, 3.8) is 0 Å². The first-order chi connectivity index (χ1) is 9.44. The van der Waals surface area contributed by atoms with Gasteiger partial charge in [0.15, 0.2) is 0 Å². The molecule has 1 saturated heterocycles. The fourth-order valence-electron chi connectivity index (χ4n) is 3.40. The maximum Gasteiger partial charge on any atom is 0.246 e. The van der Waals surface area contributed by atoms with Crippen LogP contribution in [0, 0.1) is 17.8 Å². The monoisotopic (exact) mass is 278 g/mol. The first-order valence-electron chi connectivity index (χ1n) is 8.07. The summed E-state index contributed by atoms with van der Waals surface area (Å²) in [6, 6.07) is -0.249. The molecule has 112 valence electrons. The summed E-state index contributed by atoms with van der Waals surface area (Å²) in [6.07, 6.45) is 5.27. The van der Waals surface area contributed by atoms with Crippen LogP contribution in [-0.4, -0.2) is 34.8 Å². The molecular weight excluding hydrogens is 252 g/mol. The Balaban J connectivity index is 1.83. The average Bonchev–Trinajstić information content (AvgIpc) is 3.26. The maximum absolute atomic E-state index is 12.8. The molecule has 1 heterocycles. The van der Waals surface area contributed by atoms with Crippen LogP contribution >= 0.6 is 0 Å². The minimum Gasteiger partial charge on any atom is -0.342 e. The van der Waals surface area contributed by atoms with Gasteiger partial charge in [-0.1, -0.05) is 13.8 Å². The number of piperazine rings is 1. The Bertz CT molecular complexity index is 426. The number of nitrogens with one attached hydrogen (secondary N) is 1. The molecule has 0 aromatic heterocycles. The van der Waals surface area contributed by atoms with Crippen molar-refractivity contribution in [3.05, 3.63) is 0 Å². The molecule has 3 rings (SSSR count). The summed E-state index contributed by atoms with van der Waals surface area (Å²) in [5.74, 6) is 1.55. The van der Waals surface area contributed by atoms with Gasteiger partial charge in [0.05, 0.1) is 0 Å². The van der Waals surface area contributed by atoms with Crippen LogP contribution in [0.4, 0.5) is 0 Å². The largest absolute Gasteiger partial charge is 0.342 e. The van der Waals surface area contributed by atoms with E-state index in [2.05, 4.69) is 19.2 Å². The van der Waals surface area contributed by atoms with Crippen molar-refractivity contribution in [2.45, 2.75) is 64.5 Å². The molecule has 3 fully saturated rings. The highest BCUT2D eigenvalue weighted by molar-refractivity contribution is 6.00. The van der Waals surface area contributed by atoms with Crippen LogP contribution in [0.1, 0.15) is 52.9 Å². The van der Waals surface area contributed by atoms with Gasteiger partial charge in [-0.15, -0.1) is 0 Å². The second-order valence-electron chi connectivity index (χ2n) is 7.38. The van der Waals surface area contributed by atoms with Gasteiger partial charge in [-0.2, -0.15) is 0 Å². The summed E-state index contributed by atoms with van der Waals surface area (Å²) in [7, 11) is 0. The van der Waals surface area contributed by atoms with Crippen molar-refractivity contribution in [2.24, 2.45) is 17.8 Å². The quantitative estimate of drug-likeness (QED) is 0.835. The maximum atomic E-state index is 12.8. The summed E-state index contributed by atoms with van der Waals surface area (Å²) in [5.41, 5.74) is -0.600. The Morgan fingerprint density at radius 1 is 1.25 bits per heavy atom. The molecule has 1 N–H and O–H groups in total. The number of carbonyl (C=O) groups is 2. The molecule has 4 nitrogen and oxygen atoms in total. The van der Waals surface area contributed by atoms with Gasteiger partial charge < -0.3 is 10.2 Å². The van der Waals surface area contributed by atoms with E-state index in [4.69, 9.17) is 0 Å². The van der Waals surface area contributed by atoms with Gasteiger partial charge in [0.1, 0.15) is 11.6 Å². The molecule has 2 saturated carbocycles. The highest BCUT2D eigenvalue weighted by atomic mass is 16.2. The molecule has 2 amide bonds. The minimum atomic E-state index is -0.600. The van der Waals surface area contributed by atoms with E-state index in [1.54, 1.807) is 0 Å². The van der Waals surface area contributed by atoms with E-state index in [-0.39, 0.29) is 17.9 Å². The van der Waals surface area contributed by atoms with Gasteiger partial charge in [-0.05, 0) is 56.8 Å². The zero-order chi connectivity index (χ0) is 14.5. The molecule has 0 radical (unpaired) electrons. The predicted molar refractivity (Wildman–Crippen MR) is 77.0 cm³/mol. The third-order valence-corrected chi connectivity index (χ3v) is 5.23. The highest BCUT2D eigenvalue weighted by Gasteiger charge is 2.58. The van der Waals surface area contributed by atoms with Gasteiger partial charge in [0, 0.05) is 6.54 Å². The Hall–Kier alpha value is -1.06. The molecule has 0 spiro atoms. The lowest BCUT2D eigenvalue weighted by Gasteiger charge is -2.47. The van der Waals surface area contributed by atoms with Crippen molar-refractivity contribution < 1.29 is 9.59 Å². The van der Waals surface area contributed by atoms with E-state index in [0.29, 0.717) is 17.8 Å². The smallest absolute Gasteiger partial charge is 0.246 e. The molecule has 3 aliphatic rings. The van der Waals surface area contributed by atoms with E-state index in [1.165, 1.54) is 0 Å². The minimum absolute atomic E-state index is 0.0836. The lowest BCUT2D eigenvalue weighted by atomic mass is 9.86. The van der Waals surface area contributed by atoms with Crippen molar-refractivity contribution in [3.8, 4) is 0 Å². The summed E-state index contributed by atoms with van der Waals surface area (Å²) < 4.78 is 0. The molecular formula is C16H26N2O2. The molecule has 2 atom stereocenters. The molecule has 4 heteroatoms. The lowest BCUT2D eigenvalue weighted by Crippen LogP contribution is -2.71. The van der Waals surface area contributed by atoms with E-state index < -0.39 is 5.54 Å². The second kappa shape index (κ2) is 4.74. The Morgan fingerprint density at radius 3 is 2.40 bits per heavy atom. The van der Waals surface area contributed by atoms with Gasteiger partial charge in [0.2, 0.25) is 11.8 Å². The summed E-state index contributed by atoms with van der Waals surface area (Å²) in [6.45, 7) is 7.03. The van der Waals surface area contributed by atoms with Crippen molar-refractivity contribution in [1.82, 2.24) is 10.2 Å². The lowest BCUT2D eigenvalue weighted by molar-refractivity contribution is -0.159. The third-order valence-electron chi connectivity index (χ3n) is 5.23. The first kappa shape index (κ1) is 13.9. The fraction of sp³-hybridized carbons (Fsp3) is 0.875. The van der Waals surface area contributed by atoms with E-state index in [9.17, 15) is 9.59 Å². The number of rotatable bonds is 5. The third kappa shape index (κ3) is 2.23. The SMILES string of the molecule is CC(C)CCN1C(=O)C(C2CC2)NC(=O)C1(C)C1CC1. The van der Waals surface area contributed by atoms with Crippen LogP contribution < -0.4 is 5.32 Å². The number of nitrogens with zero attached hydrogens (tertiary/aromatic N) is 1. The molecule has 0 bridgehead atoms. The first-order valence-corrected chi connectivity index (χ1v) is 8.07. The van der Waals surface area contributed by atoms with Gasteiger partial charge in [0.25, 0.3) is 0 Å². The summed E-state index contributed by atoms with van der Waals surface area (Å²) in [4.78, 5) is 27.4. The van der Waals surface area contributed by atoms with Crippen molar-refractivity contribution in [2.75, 3.05) is 6.54 Å².